The minimum absolute atomic E-state index is 0.0810. The maximum Gasteiger partial charge on any atom is 0.259 e. The molecule has 0 radical (unpaired) electrons. The average Bonchev–Trinajstić information content (AvgIpc) is 2.71. The van der Waals surface area contributed by atoms with E-state index in [1.807, 2.05) is 24.3 Å². The minimum Gasteiger partial charge on any atom is -0.307 e. The van der Waals surface area contributed by atoms with Gasteiger partial charge < -0.3 is 4.90 Å². The van der Waals surface area contributed by atoms with Crippen molar-refractivity contribution in [3.05, 3.63) is 54.1 Å². The molecular formula is C18H19NO3S2. The van der Waals surface area contributed by atoms with E-state index in [9.17, 15) is 13.2 Å². The van der Waals surface area contributed by atoms with Crippen molar-refractivity contribution in [2.24, 2.45) is 0 Å². The van der Waals surface area contributed by atoms with Gasteiger partial charge in [-0.3, -0.25) is 4.79 Å². The molecule has 0 fully saturated rings. The summed E-state index contributed by atoms with van der Waals surface area (Å²) in [5.41, 5.74) is 1.08. The Bertz CT molecular complexity index is 877. The molecule has 2 aromatic carbocycles. The second kappa shape index (κ2) is 6.61. The molecule has 2 aromatic rings. The van der Waals surface area contributed by atoms with E-state index in [1.54, 1.807) is 34.9 Å². The first-order valence-electron chi connectivity index (χ1n) is 7.74. The first-order valence-corrected chi connectivity index (χ1v) is 10.5. The van der Waals surface area contributed by atoms with Crippen LogP contribution in [-0.4, -0.2) is 32.4 Å². The molecule has 0 saturated carbocycles. The lowest BCUT2D eigenvalue weighted by Crippen LogP contribution is -2.33. The van der Waals surface area contributed by atoms with Gasteiger partial charge in [0.1, 0.15) is 0 Å². The highest BCUT2D eigenvalue weighted by Crippen LogP contribution is 2.38. The van der Waals surface area contributed by atoms with Gasteiger partial charge in [-0.2, -0.15) is 0 Å². The highest BCUT2D eigenvalue weighted by atomic mass is 32.2. The van der Waals surface area contributed by atoms with Gasteiger partial charge in [0.25, 0.3) is 5.91 Å². The van der Waals surface area contributed by atoms with Crippen LogP contribution in [0.25, 0.3) is 0 Å². The molecule has 0 aliphatic carbocycles. The van der Waals surface area contributed by atoms with Gasteiger partial charge in [0.05, 0.1) is 16.1 Å². The zero-order valence-electron chi connectivity index (χ0n) is 13.6. The van der Waals surface area contributed by atoms with Crippen LogP contribution >= 0.6 is 11.8 Å². The Hall–Kier alpha value is -1.79. The highest BCUT2D eigenvalue weighted by Gasteiger charge is 2.28. The molecule has 6 heteroatoms. The Morgan fingerprint density at radius 2 is 1.79 bits per heavy atom. The van der Waals surface area contributed by atoms with Crippen molar-refractivity contribution < 1.29 is 13.2 Å². The maximum absolute atomic E-state index is 13.1. The molecule has 1 atom stereocenters. The SMILES string of the molecule is C[C@@H]1CCN(C(=O)c2ccccc2S(C)(=O)=O)c2ccccc2S1. The van der Waals surface area contributed by atoms with E-state index in [4.69, 9.17) is 0 Å². The van der Waals surface area contributed by atoms with Crippen LogP contribution in [0.1, 0.15) is 23.7 Å². The number of para-hydroxylation sites is 1. The topological polar surface area (TPSA) is 54.5 Å². The third kappa shape index (κ3) is 3.35. The number of nitrogens with zero attached hydrogens (tertiary/aromatic N) is 1. The summed E-state index contributed by atoms with van der Waals surface area (Å²) in [5, 5.41) is 0.397. The summed E-state index contributed by atoms with van der Waals surface area (Å²) >= 11 is 1.75. The molecule has 4 nitrogen and oxygen atoms in total. The van der Waals surface area contributed by atoms with Gasteiger partial charge >= 0.3 is 0 Å². The van der Waals surface area contributed by atoms with E-state index in [0.717, 1.165) is 23.3 Å². The minimum atomic E-state index is -3.47. The third-order valence-corrected chi connectivity index (χ3v) is 6.40. The Morgan fingerprint density at radius 1 is 1.12 bits per heavy atom. The van der Waals surface area contributed by atoms with E-state index < -0.39 is 9.84 Å². The van der Waals surface area contributed by atoms with Crippen molar-refractivity contribution in [3.8, 4) is 0 Å². The Kier molecular flexibility index (Phi) is 4.69. The molecule has 24 heavy (non-hydrogen) atoms. The van der Waals surface area contributed by atoms with E-state index in [1.165, 1.54) is 6.07 Å². The van der Waals surface area contributed by atoms with Gasteiger partial charge in [-0.15, -0.1) is 11.8 Å². The summed E-state index contributed by atoms with van der Waals surface area (Å²) in [6, 6.07) is 14.2. The van der Waals surface area contributed by atoms with E-state index in [-0.39, 0.29) is 16.4 Å². The van der Waals surface area contributed by atoms with Crippen molar-refractivity contribution in [3.63, 3.8) is 0 Å². The number of hydrogen-bond acceptors (Lipinski definition) is 4. The van der Waals surface area contributed by atoms with Gasteiger partial charge in [0, 0.05) is 22.9 Å². The number of carbonyl (C=O) groups is 1. The number of thioether (sulfide) groups is 1. The molecule has 1 heterocycles. The average molecular weight is 361 g/mol. The second-order valence-electron chi connectivity index (χ2n) is 5.91. The summed E-state index contributed by atoms with van der Waals surface area (Å²) in [5.74, 6) is -0.266. The first-order chi connectivity index (χ1) is 11.4. The number of amides is 1. The van der Waals surface area contributed by atoms with Crippen molar-refractivity contribution in [2.45, 2.75) is 28.4 Å². The van der Waals surface area contributed by atoms with Crippen molar-refractivity contribution in [1.29, 1.82) is 0 Å². The zero-order chi connectivity index (χ0) is 17.3. The molecule has 1 aliphatic rings. The predicted molar refractivity (Wildman–Crippen MR) is 97.6 cm³/mol. The fourth-order valence-electron chi connectivity index (χ4n) is 2.81. The van der Waals surface area contributed by atoms with Crippen LogP contribution in [0.2, 0.25) is 0 Å². The fourth-order valence-corrected chi connectivity index (χ4v) is 4.80. The molecule has 0 bridgehead atoms. The number of sulfone groups is 1. The molecule has 0 N–H and O–H groups in total. The molecule has 0 saturated heterocycles. The number of benzene rings is 2. The molecule has 0 aromatic heterocycles. The van der Waals surface area contributed by atoms with Crippen LogP contribution in [0.5, 0.6) is 0 Å². The lowest BCUT2D eigenvalue weighted by molar-refractivity contribution is 0.0983. The van der Waals surface area contributed by atoms with Gasteiger partial charge in [0.15, 0.2) is 9.84 Å². The van der Waals surface area contributed by atoms with Gasteiger partial charge in [-0.25, -0.2) is 8.42 Å². The number of rotatable bonds is 2. The van der Waals surface area contributed by atoms with Gasteiger partial charge in [-0.1, -0.05) is 31.2 Å². The van der Waals surface area contributed by atoms with E-state index in [0.29, 0.717) is 11.8 Å². The van der Waals surface area contributed by atoms with Crippen LogP contribution in [-0.2, 0) is 9.84 Å². The lowest BCUT2D eigenvalue weighted by atomic mass is 10.1. The molecule has 1 aliphatic heterocycles. The maximum atomic E-state index is 13.1. The molecule has 0 spiro atoms. The monoisotopic (exact) mass is 361 g/mol. The lowest BCUT2D eigenvalue weighted by Gasteiger charge is -2.23. The zero-order valence-corrected chi connectivity index (χ0v) is 15.2. The number of hydrogen-bond donors (Lipinski definition) is 0. The predicted octanol–water partition coefficient (Wildman–Crippen LogP) is 3.62. The third-order valence-electron chi connectivity index (χ3n) is 4.01. The first kappa shape index (κ1) is 17.0. The molecule has 0 unspecified atom stereocenters. The summed E-state index contributed by atoms with van der Waals surface area (Å²) in [6.45, 7) is 2.71. The quantitative estimate of drug-likeness (QED) is 0.820. The smallest absolute Gasteiger partial charge is 0.259 e. The Balaban J connectivity index is 2.09. The molecule has 3 rings (SSSR count). The normalized spacial score (nSPS) is 17.9. The van der Waals surface area contributed by atoms with Crippen LogP contribution in [0, 0.1) is 0 Å². The van der Waals surface area contributed by atoms with Crippen molar-refractivity contribution >= 4 is 33.2 Å². The largest absolute Gasteiger partial charge is 0.307 e. The van der Waals surface area contributed by atoms with Gasteiger partial charge in [-0.05, 0) is 30.7 Å². The number of fused-ring (bicyclic) bond motifs is 1. The van der Waals surface area contributed by atoms with E-state index >= 15 is 0 Å². The van der Waals surface area contributed by atoms with E-state index in [2.05, 4.69) is 6.92 Å². The molecule has 126 valence electrons. The van der Waals surface area contributed by atoms with Crippen LogP contribution in [0.3, 0.4) is 0 Å². The Morgan fingerprint density at radius 3 is 2.54 bits per heavy atom. The number of anilines is 1. The summed E-state index contributed by atoms with van der Waals surface area (Å²) in [4.78, 5) is 16.0. The van der Waals surface area contributed by atoms with Crippen LogP contribution in [0.15, 0.2) is 58.3 Å². The molecular weight excluding hydrogens is 342 g/mol. The summed E-state index contributed by atoms with van der Waals surface area (Å²) in [7, 11) is -3.47. The van der Waals surface area contributed by atoms with Crippen molar-refractivity contribution in [1.82, 2.24) is 0 Å². The standard InChI is InChI=1S/C18H19NO3S2/c1-13-11-12-19(15-8-4-5-9-16(15)23-13)18(20)14-7-3-6-10-17(14)24(2,21)22/h3-10,13H,11-12H2,1-2H3/t13-/m1/s1. The van der Waals surface area contributed by atoms with Crippen LogP contribution in [0.4, 0.5) is 5.69 Å². The highest BCUT2D eigenvalue weighted by molar-refractivity contribution is 8.00. The fraction of sp³-hybridized carbons (Fsp3) is 0.278. The molecule has 1 amide bonds. The Labute approximate surface area is 146 Å². The summed E-state index contributed by atoms with van der Waals surface area (Å²) < 4.78 is 24.1. The summed E-state index contributed by atoms with van der Waals surface area (Å²) in [6.07, 6.45) is 1.99. The second-order valence-corrected chi connectivity index (χ2v) is 9.37. The van der Waals surface area contributed by atoms with Crippen molar-refractivity contribution in [2.75, 3.05) is 17.7 Å². The van der Waals surface area contributed by atoms with Crippen LogP contribution < -0.4 is 4.90 Å². The van der Waals surface area contributed by atoms with Gasteiger partial charge in [0.2, 0.25) is 0 Å². The number of carbonyl (C=O) groups excluding carboxylic acids is 1.